The number of nitrogens with zero attached hydrogens (tertiary/aromatic N) is 2. The van der Waals surface area contributed by atoms with Crippen molar-refractivity contribution in [1.29, 1.82) is 0 Å². The first-order chi connectivity index (χ1) is 7.30. The Morgan fingerprint density at radius 2 is 2.00 bits per heavy atom. The summed E-state index contributed by atoms with van der Waals surface area (Å²) in [7, 11) is 2.15. The molecule has 0 aromatic heterocycles. The summed E-state index contributed by atoms with van der Waals surface area (Å²) in [5.74, 6) is 1.98. The molecule has 0 aromatic rings. The van der Waals surface area contributed by atoms with E-state index in [0.29, 0.717) is 9.46 Å². The molecular formula is C13H25IN2. The maximum absolute atomic E-state index is 4.77. The zero-order valence-electron chi connectivity index (χ0n) is 11.3. The topological polar surface area (TPSA) is 15.6 Å². The predicted molar refractivity (Wildman–Crippen MR) is 80.3 cm³/mol. The number of halogens is 1. The predicted octanol–water partition coefficient (Wildman–Crippen LogP) is 3.94. The highest BCUT2D eigenvalue weighted by molar-refractivity contribution is 14.1. The van der Waals surface area contributed by atoms with Crippen molar-refractivity contribution in [2.45, 2.75) is 51.0 Å². The van der Waals surface area contributed by atoms with Gasteiger partial charge in [-0.3, -0.25) is 4.99 Å². The van der Waals surface area contributed by atoms with Crippen molar-refractivity contribution >= 4 is 28.4 Å². The second kappa shape index (κ2) is 5.69. The van der Waals surface area contributed by atoms with Crippen molar-refractivity contribution in [3.05, 3.63) is 0 Å². The summed E-state index contributed by atoms with van der Waals surface area (Å²) in [6.07, 6.45) is 3.83. The lowest BCUT2D eigenvalue weighted by Crippen LogP contribution is -2.25. The molecule has 2 nitrogen and oxygen atoms in total. The largest absolute Gasteiger partial charge is 0.364 e. The molecule has 0 saturated carbocycles. The van der Waals surface area contributed by atoms with Gasteiger partial charge in [0.15, 0.2) is 0 Å². The van der Waals surface area contributed by atoms with Gasteiger partial charge in [-0.2, -0.15) is 0 Å². The fourth-order valence-electron chi connectivity index (χ4n) is 2.23. The van der Waals surface area contributed by atoms with Gasteiger partial charge in [0.2, 0.25) is 0 Å². The molecule has 0 spiro atoms. The van der Waals surface area contributed by atoms with Crippen molar-refractivity contribution in [2.24, 2.45) is 16.3 Å². The van der Waals surface area contributed by atoms with Gasteiger partial charge in [0.1, 0.15) is 4.05 Å². The number of hydrogen-bond acceptors (Lipinski definition) is 2. The maximum Gasteiger partial charge on any atom is 0.103 e. The van der Waals surface area contributed by atoms with Gasteiger partial charge in [0.25, 0.3) is 0 Å². The quantitative estimate of drug-likeness (QED) is 0.372. The van der Waals surface area contributed by atoms with Crippen LogP contribution in [0.2, 0.25) is 0 Å². The molecule has 0 N–H and O–H groups in total. The summed E-state index contributed by atoms with van der Waals surface area (Å²) in [5.41, 5.74) is 0.412. The molecule has 0 aromatic carbocycles. The minimum absolute atomic E-state index is 0.412. The molecule has 94 valence electrons. The van der Waals surface area contributed by atoms with Crippen LogP contribution in [0, 0.1) is 11.3 Å². The molecule has 0 bridgehead atoms. The van der Waals surface area contributed by atoms with Crippen LogP contribution in [0.3, 0.4) is 0 Å². The van der Waals surface area contributed by atoms with Crippen LogP contribution in [-0.4, -0.2) is 28.4 Å². The highest BCUT2D eigenvalue weighted by Crippen LogP contribution is 2.35. The van der Waals surface area contributed by atoms with Gasteiger partial charge < -0.3 is 4.90 Å². The van der Waals surface area contributed by atoms with E-state index in [1.807, 2.05) is 0 Å². The Kier molecular flexibility index (Phi) is 5.08. The van der Waals surface area contributed by atoms with Gasteiger partial charge in [0, 0.05) is 13.6 Å². The minimum atomic E-state index is 0.412. The Hall–Kier alpha value is 0.200. The van der Waals surface area contributed by atoms with Crippen molar-refractivity contribution < 1.29 is 0 Å². The van der Waals surface area contributed by atoms with Gasteiger partial charge in [-0.1, -0.05) is 43.4 Å². The van der Waals surface area contributed by atoms with Gasteiger partial charge in [-0.25, -0.2) is 0 Å². The molecule has 1 heterocycles. The summed E-state index contributed by atoms with van der Waals surface area (Å²) >= 11 is 2.48. The molecular weight excluding hydrogens is 311 g/mol. The number of hydrogen-bond donors (Lipinski definition) is 0. The SMILES string of the molecule is CC1=NC(I)CC(C(C)(C)C)CCCN1C. The van der Waals surface area contributed by atoms with Crippen LogP contribution in [0.4, 0.5) is 0 Å². The highest BCUT2D eigenvalue weighted by atomic mass is 127. The Bertz CT molecular complexity index is 255. The van der Waals surface area contributed by atoms with Crippen molar-refractivity contribution in [1.82, 2.24) is 4.90 Å². The maximum atomic E-state index is 4.77. The molecule has 2 atom stereocenters. The third-order valence-electron chi connectivity index (χ3n) is 3.63. The smallest absolute Gasteiger partial charge is 0.103 e. The van der Waals surface area contributed by atoms with Gasteiger partial charge in [0.05, 0.1) is 5.84 Å². The third-order valence-corrected chi connectivity index (χ3v) is 4.42. The van der Waals surface area contributed by atoms with E-state index in [-0.39, 0.29) is 0 Å². The van der Waals surface area contributed by atoms with Gasteiger partial charge in [-0.15, -0.1) is 0 Å². The summed E-state index contributed by atoms with van der Waals surface area (Å²) in [4.78, 5) is 7.06. The Morgan fingerprint density at radius 3 is 2.56 bits per heavy atom. The average molecular weight is 336 g/mol. The standard InChI is InChI=1S/C13H25IN2/c1-10-15-12(14)9-11(13(2,3)4)7-6-8-16(10)5/h11-12H,6-9H2,1-5H3. The van der Waals surface area contributed by atoms with Crippen LogP contribution in [0.1, 0.15) is 47.0 Å². The van der Waals surface area contributed by atoms with E-state index in [9.17, 15) is 0 Å². The van der Waals surface area contributed by atoms with Gasteiger partial charge >= 0.3 is 0 Å². The van der Waals surface area contributed by atoms with Gasteiger partial charge in [-0.05, 0) is 37.5 Å². The molecule has 0 amide bonds. The number of aliphatic imine (C=N–C) groups is 1. The zero-order valence-corrected chi connectivity index (χ0v) is 13.4. The fraction of sp³-hybridized carbons (Fsp3) is 0.923. The Balaban J connectivity index is 2.77. The van der Waals surface area contributed by atoms with E-state index in [2.05, 4.69) is 62.2 Å². The van der Waals surface area contributed by atoms with Crippen LogP contribution < -0.4 is 0 Å². The lowest BCUT2D eigenvalue weighted by Gasteiger charge is -2.31. The molecule has 0 aliphatic carbocycles. The van der Waals surface area contributed by atoms with Crippen LogP contribution >= 0.6 is 22.6 Å². The number of alkyl halides is 1. The van der Waals surface area contributed by atoms with E-state index in [0.717, 1.165) is 12.5 Å². The summed E-state index contributed by atoms with van der Waals surface area (Å²) in [5, 5.41) is 0. The first kappa shape index (κ1) is 14.3. The minimum Gasteiger partial charge on any atom is -0.364 e. The number of rotatable bonds is 0. The summed E-state index contributed by atoms with van der Waals surface area (Å²) in [6, 6.07) is 0. The molecule has 1 aliphatic rings. The second-order valence-electron chi connectivity index (χ2n) is 5.97. The molecule has 0 saturated heterocycles. The highest BCUT2D eigenvalue weighted by Gasteiger charge is 2.27. The fourth-order valence-corrected chi connectivity index (χ4v) is 3.25. The van der Waals surface area contributed by atoms with Crippen molar-refractivity contribution in [3.8, 4) is 0 Å². The number of amidine groups is 1. The van der Waals surface area contributed by atoms with E-state index < -0.39 is 0 Å². The van der Waals surface area contributed by atoms with Crippen LogP contribution in [-0.2, 0) is 0 Å². The third kappa shape index (κ3) is 4.22. The van der Waals surface area contributed by atoms with E-state index in [4.69, 9.17) is 4.99 Å². The van der Waals surface area contributed by atoms with Crippen LogP contribution in [0.25, 0.3) is 0 Å². The molecule has 3 heteroatoms. The summed E-state index contributed by atoms with van der Waals surface area (Å²) < 4.78 is 0.433. The normalized spacial score (nSPS) is 29.1. The van der Waals surface area contributed by atoms with Crippen LogP contribution in [0.15, 0.2) is 4.99 Å². The van der Waals surface area contributed by atoms with E-state index >= 15 is 0 Å². The molecule has 16 heavy (non-hydrogen) atoms. The van der Waals surface area contributed by atoms with Crippen molar-refractivity contribution in [3.63, 3.8) is 0 Å². The molecule has 2 unspecified atom stereocenters. The van der Waals surface area contributed by atoms with E-state index in [1.54, 1.807) is 0 Å². The summed E-state index contributed by atoms with van der Waals surface area (Å²) in [6.45, 7) is 10.4. The van der Waals surface area contributed by atoms with E-state index in [1.165, 1.54) is 25.1 Å². The molecule has 1 rings (SSSR count). The Labute approximate surface area is 114 Å². The molecule has 0 radical (unpaired) electrons. The van der Waals surface area contributed by atoms with Crippen LogP contribution in [0.5, 0.6) is 0 Å². The Morgan fingerprint density at radius 1 is 1.38 bits per heavy atom. The lowest BCUT2D eigenvalue weighted by molar-refractivity contribution is 0.207. The zero-order chi connectivity index (χ0) is 12.3. The van der Waals surface area contributed by atoms with Crippen molar-refractivity contribution in [2.75, 3.05) is 13.6 Å². The molecule has 1 aliphatic heterocycles. The lowest BCUT2D eigenvalue weighted by atomic mass is 9.76. The first-order valence-electron chi connectivity index (χ1n) is 6.20. The second-order valence-corrected chi connectivity index (χ2v) is 7.41. The molecule has 0 fully saturated rings. The first-order valence-corrected chi connectivity index (χ1v) is 7.45. The average Bonchev–Trinajstić information content (AvgIpc) is 2.18. The monoisotopic (exact) mass is 336 g/mol.